The van der Waals surface area contributed by atoms with Crippen molar-refractivity contribution in [2.45, 2.75) is 39.0 Å². The van der Waals surface area contributed by atoms with Gasteiger partial charge in [0.05, 0.1) is 6.04 Å². The standard InChI is InChI=1S/C18H25N3O2/c1-18(2,3)23-17(22)21-16(15-7-5-4-6-8-15)13-20-12-14-9-10-19-11-14/h4-11,16,19-20H,12-13H2,1-3H3,(H,21,22). The molecule has 1 unspecified atom stereocenters. The number of carbonyl (C=O) groups is 1. The van der Waals surface area contributed by atoms with Crippen LogP contribution in [-0.4, -0.2) is 23.2 Å². The smallest absolute Gasteiger partial charge is 0.408 e. The number of carbonyl (C=O) groups excluding carboxylic acids is 1. The highest BCUT2D eigenvalue weighted by Crippen LogP contribution is 2.14. The Labute approximate surface area is 137 Å². The molecule has 5 nitrogen and oxygen atoms in total. The predicted molar refractivity (Wildman–Crippen MR) is 91.1 cm³/mol. The van der Waals surface area contributed by atoms with Crippen molar-refractivity contribution in [3.8, 4) is 0 Å². The van der Waals surface area contributed by atoms with E-state index in [0.29, 0.717) is 6.54 Å². The number of aromatic amines is 1. The van der Waals surface area contributed by atoms with E-state index >= 15 is 0 Å². The van der Waals surface area contributed by atoms with Crippen molar-refractivity contribution in [3.63, 3.8) is 0 Å². The monoisotopic (exact) mass is 315 g/mol. The Balaban J connectivity index is 1.96. The summed E-state index contributed by atoms with van der Waals surface area (Å²) in [6, 6.07) is 11.8. The van der Waals surface area contributed by atoms with Crippen LogP contribution >= 0.6 is 0 Å². The lowest BCUT2D eigenvalue weighted by Crippen LogP contribution is -2.39. The van der Waals surface area contributed by atoms with Crippen LogP contribution in [0.3, 0.4) is 0 Å². The molecule has 3 N–H and O–H groups in total. The summed E-state index contributed by atoms with van der Waals surface area (Å²) in [7, 11) is 0. The van der Waals surface area contributed by atoms with Gasteiger partial charge in [-0.25, -0.2) is 4.79 Å². The third-order valence-electron chi connectivity index (χ3n) is 3.23. The van der Waals surface area contributed by atoms with Gasteiger partial charge in [0.15, 0.2) is 0 Å². The summed E-state index contributed by atoms with van der Waals surface area (Å²) >= 11 is 0. The van der Waals surface area contributed by atoms with E-state index in [1.54, 1.807) is 0 Å². The molecular weight excluding hydrogens is 290 g/mol. The van der Waals surface area contributed by atoms with Crippen LogP contribution in [0.4, 0.5) is 4.79 Å². The molecule has 5 heteroatoms. The van der Waals surface area contributed by atoms with E-state index in [-0.39, 0.29) is 6.04 Å². The minimum atomic E-state index is -0.510. The summed E-state index contributed by atoms with van der Waals surface area (Å²) in [5.41, 5.74) is 1.71. The molecule has 124 valence electrons. The van der Waals surface area contributed by atoms with Crippen molar-refractivity contribution in [3.05, 3.63) is 59.9 Å². The molecule has 0 aliphatic carbocycles. The second kappa shape index (κ2) is 7.83. The second-order valence-corrected chi connectivity index (χ2v) is 6.46. The van der Waals surface area contributed by atoms with Gasteiger partial charge in [-0.15, -0.1) is 0 Å². The molecule has 0 bridgehead atoms. The maximum Gasteiger partial charge on any atom is 0.408 e. The van der Waals surface area contributed by atoms with Crippen LogP contribution in [0, 0.1) is 0 Å². The normalized spacial score (nSPS) is 12.7. The zero-order valence-corrected chi connectivity index (χ0v) is 13.9. The van der Waals surface area contributed by atoms with E-state index in [1.807, 2.05) is 69.6 Å². The highest BCUT2D eigenvalue weighted by Gasteiger charge is 2.20. The molecule has 1 atom stereocenters. The number of nitrogens with one attached hydrogen (secondary N) is 3. The van der Waals surface area contributed by atoms with Crippen molar-refractivity contribution in [1.29, 1.82) is 0 Å². The third kappa shape index (κ3) is 6.16. The first-order valence-electron chi connectivity index (χ1n) is 7.81. The number of H-pyrrole nitrogens is 1. The molecule has 1 heterocycles. The van der Waals surface area contributed by atoms with E-state index in [4.69, 9.17) is 4.74 Å². The first-order valence-corrected chi connectivity index (χ1v) is 7.81. The van der Waals surface area contributed by atoms with Gasteiger partial charge in [0, 0.05) is 25.5 Å². The molecule has 2 rings (SSSR count). The third-order valence-corrected chi connectivity index (χ3v) is 3.23. The quantitative estimate of drug-likeness (QED) is 0.765. The summed E-state index contributed by atoms with van der Waals surface area (Å²) in [6.07, 6.45) is 3.44. The van der Waals surface area contributed by atoms with Crippen molar-refractivity contribution in [2.75, 3.05) is 6.54 Å². The van der Waals surface area contributed by atoms with Gasteiger partial charge in [-0.05, 0) is 38.0 Å². The van der Waals surface area contributed by atoms with Crippen molar-refractivity contribution in [1.82, 2.24) is 15.6 Å². The molecule has 1 aromatic heterocycles. The second-order valence-electron chi connectivity index (χ2n) is 6.46. The van der Waals surface area contributed by atoms with Gasteiger partial charge >= 0.3 is 6.09 Å². The van der Waals surface area contributed by atoms with Gasteiger partial charge in [0.2, 0.25) is 0 Å². The lowest BCUT2D eigenvalue weighted by atomic mass is 10.1. The fourth-order valence-corrected chi connectivity index (χ4v) is 2.22. The number of alkyl carbamates (subject to hydrolysis) is 1. The van der Waals surface area contributed by atoms with E-state index < -0.39 is 11.7 Å². The number of hydrogen-bond acceptors (Lipinski definition) is 3. The zero-order valence-electron chi connectivity index (χ0n) is 13.9. The van der Waals surface area contributed by atoms with Gasteiger partial charge in [-0.1, -0.05) is 30.3 Å². The fourth-order valence-electron chi connectivity index (χ4n) is 2.22. The number of benzene rings is 1. The molecule has 1 amide bonds. The largest absolute Gasteiger partial charge is 0.444 e. The van der Waals surface area contributed by atoms with Gasteiger partial charge < -0.3 is 20.4 Å². The van der Waals surface area contributed by atoms with Crippen LogP contribution in [0.2, 0.25) is 0 Å². The summed E-state index contributed by atoms with van der Waals surface area (Å²) in [5, 5.41) is 6.30. The maximum atomic E-state index is 12.1. The van der Waals surface area contributed by atoms with Crippen LogP contribution in [0.15, 0.2) is 48.8 Å². The van der Waals surface area contributed by atoms with E-state index in [0.717, 1.165) is 12.1 Å². The minimum Gasteiger partial charge on any atom is -0.444 e. The van der Waals surface area contributed by atoms with Crippen molar-refractivity contribution >= 4 is 6.09 Å². The molecule has 0 fully saturated rings. The molecule has 0 spiro atoms. The average Bonchev–Trinajstić information content (AvgIpc) is 2.98. The van der Waals surface area contributed by atoms with Crippen LogP contribution in [0.1, 0.15) is 37.9 Å². The van der Waals surface area contributed by atoms with Gasteiger partial charge in [0.1, 0.15) is 5.60 Å². The van der Waals surface area contributed by atoms with Crippen LogP contribution < -0.4 is 10.6 Å². The van der Waals surface area contributed by atoms with Gasteiger partial charge in [-0.3, -0.25) is 0 Å². The molecule has 0 saturated heterocycles. The molecular formula is C18H25N3O2. The molecule has 2 aromatic rings. The average molecular weight is 315 g/mol. The number of amides is 1. The van der Waals surface area contributed by atoms with Gasteiger partial charge in [-0.2, -0.15) is 0 Å². The molecule has 0 aliphatic rings. The first-order chi connectivity index (χ1) is 10.9. The van der Waals surface area contributed by atoms with Gasteiger partial charge in [0.25, 0.3) is 0 Å². The molecule has 23 heavy (non-hydrogen) atoms. The highest BCUT2D eigenvalue weighted by atomic mass is 16.6. The Kier molecular flexibility index (Phi) is 5.82. The number of hydrogen-bond donors (Lipinski definition) is 3. The number of aromatic nitrogens is 1. The Hall–Kier alpha value is -2.27. The fraction of sp³-hybridized carbons (Fsp3) is 0.389. The minimum absolute atomic E-state index is 0.148. The van der Waals surface area contributed by atoms with Crippen molar-refractivity contribution in [2.24, 2.45) is 0 Å². The Morgan fingerprint density at radius 2 is 1.96 bits per heavy atom. The lowest BCUT2D eigenvalue weighted by Gasteiger charge is -2.24. The topological polar surface area (TPSA) is 66.2 Å². The van der Waals surface area contributed by atoms with E-state index in [2.05, 4.69) is 15.6 Å². The van der Waals surface area contributed by atoms with Crippen LogP contribution in [0.5, 0.6) is 0 Å². The highest BCUT2D eigenvalue weighted by molar-refractivity contribution is 5.68. The molecule has 1 aromatic carbocycles. The Morgan fingerprint density at radius 1 is 1.22 bits per heavy atom. The van der Waals surface area contributed by atoms with Crippen molar-refractivity contribution < 1.29 is 9.53 Å². The summed E-state index contributed by atoms with van der Waals surface area (Å²) in [6.45, 7) is 6.92. The predicted octanol–water partition coefficient (Wildman–Crippen LogP) is 3.37. The maximum absolute atomic E-state index is 12.1. The number of rotatable bonds is 6. The SMILES string of the molecule is CC(C)(C)OC(=O)NC(CNCc1cc[nH]c1)c1ccccc1. The van der Waals surface area contributed by atoms with E-state index in [9.17, 15) is 4.79 Å². The first kappa shape index (κ1) is 17.1. The zero-order chi connectivity index (χ0) is 16.7. The lowest BCUT2D eigenvalue weighted by molar-refractivity contribution is 0.0503. The summed E-state index contributed by atoms with van der Waals surface area (Å²) in [5.74, 6) is 0. The number of ether oxygens (including phenoxy) is 1. The summed E-state index contributed by atoms with van der Waals surface area (Å²) in [4.78, 5) is 15.1. The molecule has 0 saturated carbocycles. The van der Waals surface area contributed by atoms with Crippen LogP contribution in [0.25, 0.3) is 0 Å². The molecule has 0 aliphatic heterocycles. The molecule has 0 radical (unpaired) electrons. The Bertz CT molecular complexity index is 588. The van der Waals surface area contributed by atoms with Crippen LogP contribution in [-0.2, 0) is 11.3 Å². The summed E-state index contributed by atoms with van der Waals surface area (Å²) < 4.78 is 5.36. The Morgan fingerprint density at radius 3 is 2.57 bits per heavy atom. The van der Waals surface area contributed by atoms with E-state index in [1.165, 1.54) is 5.56 Å².